The molecule has 3 heteroatoms. The Bertz CT molecular complexity index is 731. The Morgan fingerprint density at radius 3 is 1.37 bits per heavy atom. The van der Waals surface area contributed by atoms with Crippen molar-refractivity contribution in [2.24, 2.45) is 0 Å². The fourth-order valence-electron chi connectivity index (χ4n) is 3.79. The van der Waals surface area contributed by atoms with Gasteiger partial charge in [0.25, 0.3) is 0 Å². The van der Waals surface area contributed by atoms with Crippen LogP contribution in [0.4, 0.5) is 0 Å². The first-order valence-electron chi connectivity index (χ1n) is 10.0. The molecule has 0 radical (unpaired) electrons. The molecule has 0 heterocycles. The normalized spacial score (nSPS) is 11.8. The van der Waals surface area contributed by atoms with Gasteiger partial charge in [0, 0.05) is 6.07 Å². The number of hydrogen-bond donors (Lipinski definition) is 3. The van der Waals surface area contributed by atoms with E-state index in [1.54, 1.807) is 12.1 Å². The van der Waals surface area contributed by atoms with Crippen LogP contribution in [-0.4, -0.2) is 15.3 Å². The molecule has 0 unspecified atom stereocenters. The summed E-state index contributed by atoms with van der Waals surface area (Å²) in [5.74, 6) is 1.18. The lowest BCUT2D eigenvalue weighted by Crippen LogP contribution is -2.03. The number of rotatable bonds is 8. The molecule has 27 heavy (non-hydrogen) atoms. The SMILES string of the molecule is CCC(CC)c1cc(/C=C/c2cc(O)cc(O)c2)cc(C(CC)CC)c1O. The lowest BCUT2D eigenvalue weighted by molar-refractivity contribution is 0.441. The Morgan fingerprint density at radius 1 is 0.630 bits per heavy atom. The maximum absolute atomic E-state index is 10.9. The second kappa shape index (κ2) is 9.50. The maximum atomic E-state index is 10.9. The fraction of sp³-hybridized carbons (Fsp3) is 0.417. The molecule has 3 nitrogen and oxygen atoms in total. The van der Waals surface area contributed by atoms with Crippen LogP contribution < -0.4 is 0 Å². The largest absolute Gasteiger partial charge is 0.508 e. The van der Waals surface area contributed by atoms with Gasteiger partial charge in [-0.15, -0.1) is 0 Å². The van der Waals surface area contributed by atoms with E-state index in [2.05, 4.69) is 39.8 Å². The molecule has 0 amide bonds. The second-order valence-corrected chi connectivity index (χ2v) is 7.19. The zero-order valence-electron chi connectivity index (χ0n) is 16.9. The van der Waals surface area contributed by atoms with Crippen molar-refractivity contribution < 1.29 is 15.3 Å². The van der Waals surface area contributed by atoms with Crippen molar-refractivity contribution in [2.75, 3.05) is 0 Å². The molecule has 0 aliphatic heterocycles. The van der Waals surface area contributed by atoms with E-state index in [0.717, 1.165) is 47.9 Å². The summed E-state index contributed by atoms with van der Waals surface area (Å²) < 4.78 is 0. The minimum Gasteiger partial charge on any atom is -0.508 e. The van der Waals surface area contributed by atoms with Crippen LogP contribution in [0.1, 0.15) is 87.5 Å². The molecule has 0 aliphatic rings. The van der Waals surface area contributed by atoms with Gasteiger partial charge in [-0.3, -0.25) is 0 Å². The number of phenolic OH excluding ortho intramolecular Hbond substituents is 3. The van der Waals surface area contributed by atoms with Gasteiger partial charge < -0.3 is 15.3 Å². The zero-order chi connectivity index (χ0) is 20.0. The average molecular weight is 369 g/mol. The van der Waals surface area contributed by atoms with Crippen molar-refractivity contribution in [1.82, 2.24) is 0 Å². The number of benzene rings is 2. The first kappa shape index (κ1) is 20.9. The Labute approximate surface area is 163 Å². The molecule has 0 atom stereocenters. The van der Waals surface area contributed by atoms with Crippen molar-refractivity contribution in [3.63, 3.8) is 0 Å². The molecule has 0 spiro atoms. The van der Waals surface area contributed by atoms with Gasteiger partial charge in [0.05, 0.1) is 0 Å². The third-order valence-electron chi connectivity index (χ3n) is 5.44. The van der Waals surface area contributed by atoms with Crippen LogP contribution in [0, 0.1) is 0 Å². The summed E-state index contributed by atoms with van der Waals surface area (Å²) in [7, 11) is 0. The van der Waals surface area contributed by atoms with Gasteiger partial charge in [-0.2, -0.15) is 0 Å². The van der Waals surface area contributed by atoms with Crippen LogP contribution in [0.3, 0.4) is 0 Å². The van der Waals surface area contributed by atoms with Gasteiger partial charge >= 0.3 is 0 Å². The highest BCUT2D eigenvalue weighted by Gasteiger charge is 2.19. The minimum atomic E-state index is 0.0378. The highest BCUT2D eigenvalue weighted by Crippen LogP contribution is 2.40. The lowest BCUT2D eigenvalue weighted by atomic mass is 9.85. The highest BCUT2D eigenvalue weighted by atomic mass is 16.3. The van der Waals surface area contributed by atoms with Crippen molar-refractivity contribution in [1.29, 1.82) is 0 Å². The third kappa shape index (κ3) is 5.06. The van der Waals surface area contributed by atoms with E-state index in [4.69, 9.17) is 0 Å². The smallest absolute Gasteiger partial charge is 0.122 e. The summed E-state index contributed by atoms with van der Waals surface area (Å²) in [5.41, 5.74) is 3.79. The Morgan fingerprint density at radius 2 is 1.00 bits per heavy atom. The van der Waals surface area contributed by atoms with Crippen LogP contribution in [0.15, 0.2) is 30.3 Å². The topological polar surface area (TPSA) is 60.7 Å². The first-order valence-corrected chi connectivity index (χ1v) is 10.0. The average Bonchev–Trinajstić information content (AvgIpc) is 2.64. The Kier molecular flexibility index (Phi) is 7.35. The fourth-order valence-corrected chi connectivity index (χ4v) is 3.79. The van der Waals surface area contributed by atoms with Gasteiger partial charge in [-0.05, 0) is 84.0 Å². The molecule has 3 N–H and O–H groups in total. The van der Waals surface area contributed by atoms with Crippen molar-refractivity contribution in [2.45, 2.75) is 65.2 Å². The van der Waals surface area contributed by atoms with Gasteiger partial charge in [-0.1, -0.05) is 39.8 Å². The van der Waals surface area contributed by atoms with E-state index in [-0.39, 0.29) is 11.5 Å². The predicted molar refractivity (Wildman–Crippen MR) is 113 cm³/mol. The van der Waals surface area contributed by atoms with E-state index in [1.165, 1.54) is 6.07 Å². The highest BCUT2D eigenvalue weighted by molar-refractivity contribution is 5.72. The molecule has 2 aromatic rings. The molecule has 0 fully saturated rings. The van der Waals surface area contributed by atoms with E-state index in [1.807, 2.05) is 12.2 Å². The first-order chi connectivity index (χ1) is 12.9. The van der Waals surface area contributed by atoms with Gasteiger partial charge in [0.2, 0.25) is 0 Å². The van der Waals surface area contributed by atoms with Crippen molar-refractivity contribution in [3.8, 4) is 17.2 Å². The van der Waals surface area contributed by atoms with Crippen molar-refractivity contribution >= 4 is 12.2 Å². The third-order valence-corrected chi connectivity index (χ3v) is 5.44. The summed E-state index contributed by atoms with van der Waals surface area (Å²) in [4.78, 5) is 0. The van der Waals surface area contributed by atoms with Crippen LogP contribution in [-0.2, 0) is 0 Å². The Hall–Kier alpha value is -2.42. The number of hydrogen-bond acceptors (Lipinski definition) is 3. The second-order valence-electron chi connectivity index (χ2n) is 7.19. The number of phenols is 3. The summed E-state index contributed by atoms with van der Waals surface area (Å²) in [6.07, 6.45) is 7.80. The van der Waals surface area contributed by atoms with Crippen LogP contribution in [0.2, 0.25) is 0 Å². The molecule has 0 saturated carbocycles. The number of aromatic hydroxyl groups is 3. The monoisotopic (exact) mass is 368 g/mol. The van der Waals surface area contributed by atoms with Gasteiger partial charge in [0.1, 0.15) is 17.2 Å². The lowest BCUT2D eigenvalue weighted by Gasteiger charge is -2.22. The summed E-state index contributed by atoms with van der Waals surface area (Å²) in [5, 5.41) is 30.3. The van der Waals surface area contributed by atoms with Gasteiger partial charge in [-0.25, -0.2) is 0 Å². The molecule has 0 bridgehead atoms. The summed E-state index contributed by atoms with van der Waals surface area (Å²) in [6.45, 7) is 8.62. The molecule has 0 saturated heterocycles. The molecule has 2 aromatic carbocycles. The van der Waals surface area contributed by atoms with E-state index >= 15 is 0 Å². The molecular formula is C24H32O3. The summed E-state index contributed by atoms with van der Waals surface area (Å²) >= 11 is 0. The van der Waals surface area contributed by atoms with Gasteiger partial charge in [0.15, 0.2) is 0 Å². The van der Waals surface area contributed by atoms with Crippen LogP contribution >= 0.6 is 0 Å². The van der Waals surface area contributed by atoms with E-state index in [0.29, 0.717) is 17.6 Å². The molecular weight excluding hydrogens is 336 g/mol. The standard InChI is InChI=1S/C24H32O3/c1-5-18(6-2)22-13-17(14-23(24(22)27)19(7-3)8-4)10-9-16-11-20(25)15-21(26)12-16/h9-15,18-19,25-27H,5-8H2,1-4H3/b10-9+. The predicted octanol–water partition coefficient (Wildman–Crippen LogP) is 6.78. The summed E-state index contributed by atoms with van der Waals surface area (Å²) in [6, 6.07) is 8.67. The maximum Gasteiger partial charge on any atom is 0.122 e. The van der Waals surface area contributed by atoms with Crippen LogP contribution in [0.25, 0.3) is 12.2 Å². The van der Waals surface area contributed by atoms with E-state index < -0.39 is 0 Å². The van der Waals surface area contributed by atoms with E-state index in [9.17, 15) is 15.3 Å². The molecule has 0 aliphatic carbocycles. The zero-order valence-corrected chi connectivity index (χ0v) is 16.9. The quantitative estimate of drug-likeness (QED) is 0.450. The van der Waals surface area contributed by atoms with Crippen LogP contribution in [0.5, 0.6) is 17.2 Å². The Balaban J connectivity index is 2.52. The van der Waals surface area contributed by atoms with Crippen molar-refractivity contribution in [3.05, 3.63) is 52.6 Å². The molecule has 2 rings (SSSR count). The molecule has 0 aromatic heterocycles. The molecule has 146 valence electrons. The minimum absolute atomic E-state index is 0.0378.